The van der Waals surface area contributed by atoms with Crippen molar-refractivity contribution < 1.29 is 23.5 Å². The van der Waals surface area contributed by atoms with Gasteiger partial charge in [-0.05, 0) is 49.2 Å². The van der Waals surface area contributed by atoms with Crippen molar-refractivity contribution in [3.05, 3.63) is 59.9 Å². The minimum Gasteiger partial charge on any atom is -0.376 e. The Bertz CT molecular complexity index is 973. The van der Waals surface area contributed by atoms with Crippen molar-refractivity contribution in [3.8, 4) is 0 Å². The number of amides is 3. The summed E-state index contributed by atoms with van der Waals surface area (Å²) in [7, 11) is 0. The van der Waals surface area contributed by atoms with Crippen molar-refractivity contribution in [1.29, 1.82) is 0 Å². The van der Waals surface area contributed by atoms with Crippen LogP contribution >= 0.6 is 0 Å². The highest BCUT2D eigenvalue weighted by atomic mass is 19.1. The van der Waals surface area contributed by atoms with E-state index in [1.165, 1.54) is 29.2 Å². The van der Waals surface area contributed by atoms with E-state index in [1.807, 2.05) is 0 Å². The number of hydrogen-bond donors (Lipinski definition) is 2. The monoisotopic (exact) mass is 425 g/mol. The number of carbonyl (C=O) groups is 3. The molecule has 162 valence electrons. The standard InChI is InChI=1S/C23H24FN3O4/c24-16-7-9-17(10-8-16)27-14-15(12-21(27)28)22(29)26-20-6-2-1-5-19(20)23(30)25-13-18-4-3-11-31-18/h1-2,5-10,15,18H,3-4,11-14H2,(H,25,30)(H,26,29)/t15-,18+/m1/s1. The summed E-state index contributed by atoms with van der Waals surface area (Å²) in [5.41, 5.74) is 1.30. The Morgan fingerprint density at radius 2 is 1.90 bits per heavy atom. The molecule has 2 fully saturated rings. The molecule has 2 atom stereocenters. The lowest BCUT2D eigenvalue weighted by Crippen LogP contribution is -2.33. The number of benzene rings is 2. The van der Waals surface area contributed by atoms with E-state index in [1.54, 1.807) is 24.3 Å². The van der Waals surface area contributed by atoms with Crippen LogP contribution in [0.5, 0.6) is 0 Å². The van der Waals surface area contributed by atoms with E-state index in [4.69, 9.17) is 4.74 Å². The quantitative estimate of drug-likeness (QED) is 0.745. The van der Waals surface area contributed by atoms with E-state index in [-0.39, 0.29) is 42.6 Å². The molecule has 0 unspecified atom stereocenters. The number of ether oxygens (including phenoxy) is 1. The van der Waals surface area contributed by atoms with Gasteiger partial charge in [0.2, 0.25) is 11.8 Å². The molecule has 0 saturated carbocycles. The highest BCUT2D eigenvalue weighted by Crippen LogP contribution is 2.27. The van der Waals surface area contributed by atoms with E-state index < -0.39 is 5.92 Å². The van der Waals surface area contributed by atoms with E-state index in [9.17, 15) is 18.8 Å². The van der Waals surface area contributed by atoms with Gasteiger partial charge in [-0.3, -0.25) is 14.4 Å². The summed E-state index contributed by atoms with van der Waals surface area (Å²) < 4.78 is 18.7. The topological polar surface area (TPSA) is 87.7 Å². The summed E-state index contributed by atoms with van der Waals surface area (Å²) in [6.07, 6.45) is 1.98. The van der Waals surface area contributed by atoms with E-state index in [0.29, 0.717) is 30.1 Å². The summed E-state index contributed by atoms with van der Waals surface area (Å²) >= 11 is 0. The molecule has 2 aliphatic rings. The van der Waals surface area contributed by atoms with Crippen LogP contribution in [0.15, 0.2) is 48.5 Å². The number of nitrogens with one attached hydrogen (secondary N) is 2. The maximum absolute atomic E-state index is 13.2. The van der Waals surface area contributed by atoms with Crippen LogP contribution in [0.25, 0.3) is 0 Å². The summed E-state index contributed by atoms with van der Waals surface area (Å²) in [6.45, 7) is 1.33. The molecule has 2 saturated heterocycles. The number of carbonyl (C=O) groups excluding carboxylic acids is 3. The number of nitrogens with zero attached hydrogens (tertiary/aromatic N) is 1. The van der Waals surface area contributed by atoms with E-state index in [0.717, 1.165) is 12.8 Å². The lowest BCUT2D eigenvalue weighted by Gasteiger charge is -2.17. The van der Waals surface area contributed by atoms with Gasteiger partial charge < -0.3 is 20.3 Å². The van der Waals surface area contributed by atoms with Gasteiger partial charge in [-0.2, -0.15) is 0 Å². The molecule has 8 heteroatoms. The van der Waals surface area contributed by atoms with E-state index in [2.05, 4.69) is 10.6 Å². The van der Waals surface area contributed by atoms with Crippen molar-refractivity contribution in [1.82, 2.24) is 5.32 Å². The zero-order valence-electron chi connectivity index (χ0n) is 17.0. The lowest BCUT2D eigenvalue weighted by atomic mass is 10.1. The number of anilines is 2. The minimum atomic E-state index is -0.569. The van der Waals surface area contributed by atoms with Crippen LogP contribution in [0.2, 0.25) is 0 Å². The predicted octanol–water partition coefficient (Wildman–Crippen LogP) is 2.73. The second-order valence-electron chi connectivity index (χ2n) is 7.76. The molecule has 2 N–H and O–H groups in total. The smallest absolute Gasteiger partial charge is 0.253 e. The van der Waals surface area contributed by atoms with Crippen LogP contribution in [0.4, 0.5) is 15.8 Å². The Labute approximate surface area is 179 Å². The number of para-hydroxylation sites is 1. The molecular weight excluding hydrogens is 401 g/mol. The van der Waals surface area contributed by atoms with Crippen LogP contribution in [0.3, 0.4) is 0 Å². The third-order valence-corrected chi connectivity index (χ3v) is 5.58. The normalized spacial score (nSPS) is 20.7. The fourth-order valence-electron chi connectivity index (χ4n) is 3.89. The van der Waals surface area contributed by atoms with Crippen molar-refractivity contribution in [2.45, 2.75) is 25.4 Å². The lowest BCUT2D eigenvalue weighted by molar-refractivity contribution is -0.122. The van der Waals surface area contributed by atoms with Gasteiger partial charge in [0.05, 0.1) is 23.3 Å². The van der Waals surface area contributed by atoms with Gasteiger partial charge in [0.15, 0.2) is 0 Å². The van der Waals surface area contributed by atoms with Gasteiger partial charge in [-0.1, -0.05) is 12.1 Å². The fourth-order valence-corrected chi connectivity index (χ4v) is 3.89. The van der Waals surface area contributed by atoms with Crippen LogP contribution in [0.1, 0.15) is 29.6 Å². The third kappa shape index (κ3) is 4.91. The first-order valence-corrected chi connectivity index (χ1v) is 10.4. The molecule has 2 aliphatic heterocycles. The Morgan fingerprint density at radius 3 is 2.65 bits per heavy atom. The predicted molar refractivity (Wildman–Crippen MR) is 113 cm³/mol. The summed E-state index contributed by atoms with van der Waals surface area (Å²) in [5.74, 6) is -1.78. The molecule has 0 aliphatic carbocycles. The molecule has 2 aromatic rings. The average molecular weight is 425 g/mol. The molecule has 2 aromatic carbocycles. The van der Waals surface area contributed by atoms with Crippen LogP contribution in [-0.4, -0.2) is 43.5 Å². The van der Waals surface area contributed by atoms with Crippen molar-refractivity contribution in [2.75, 3.05) is 29.9 Å². The van der Waals surface area contributed by atoms with Gasteiger partial charge in [-0.25, -0.2) is 4.39 Å². The molecule has 31 heavy (non-hydrogen) atoms. The highest BCUT2D eigenvalue weighted by Gasteiger charge is 2.35. The molecule has 0 aromatic heterocycles. The second-order valence-corrected chi connectivity index (χ2v) is 7.76. The van der Waals surface area contributed by atoms with E-state index >= 15 is 0 Å². The summed E-state index contributed by atoms with van der Waals surface area (Å²) in [5, 5.41) is 5.65. The Kier molecular flexibility index (Phi) is 6.27. The van der Waals surface area contributed by atoms with Crippen LogP contribution in [-0.2, 0) is 14.3 Å². The van der Waals surface area contributed by atoms with Crippen molar-refractivity contribution in [3.63, 3.8) is 0 Å². The van der Waals surface area contributed by atoms with Crippen molar-refractivity contribution >= 4 is 29.1 Å². The van der Waals surface area contributed by atoms with Gasteiger partial charge in [0, 0.05) is 31.8 Å². The largest absolute Gasteiger partial charge is 0.376 e. The summed E-state index contributed by atoms with van der Waals surface area (Å²) in [4.78, 5) is 39.3. The highest BCUT2D eigenvalue weighted by molar-refractivity contribution is 6.07. The minimum absolute atomic E-state index is 0.0210. The molecule has 0 bridgehead atoms. The van der Waals surface area contributed by atoms with Gasteiger partial charge in [-0.15, -0.1) is 0 Å². The first-order chi connectivity index (χ1) is 15.0. The van der Waals surface area contributed by atoms with Crippen LogP contribution in [0, 0.1) is 11.7 Å². The molecule has 0 radical (unpaired) electrons. The van der Waals surface area contributed by atoms with Gasteiger partial charge in [0.25, 0.3) is 5.91 Å². The number of rotatable bonds is 6. The van der Waals surface area contributed by atoms with Gasteiger partial charge >= 0.3 is 0 Å². The molecule has 0 spiro atoms. The third-order valence-electron chi connectivity index (χ3n) is 5.58. The van der Waals surface area contributed by atoms with Crippen molar-refractivity contribution in [2.24, 2.45) is 5.92 Å². The SMILES string of the molecule is O=C(NC[C@@H]1CCCO1)c1ccccc1NC(=O)[C@@H]1CC(=O)N(c2ccc(F)cc2)C1. The maximum Gasteiger partial charge on any atom is 0.253 e. The molecule has 3 amide bonds. The number of halogens is 1. The zero-order valence-corrected chi connectivity index (χ0v) is 17.0. The second kappa shape index (κ2) is 9.26. The average Bonchev–Trinajstić information content (AvgIpc) is 3.43. The van der Waals surface area contributed by atoms with Gasteiger partial charge in [0.1, 0.15) is 5.82 Å². The molecule has 4 rings (SSSR count). The van der Waals surface area contributed by atoms with Crippen LogP contribution < -0.4 is 15.5 Å². The maximum atomic E-state index is 13.2. The zero-order chi connectivity index (χ0) is 21.8. The Morgan fingerprint density at radius 1 is 1.13 bits per heavy atom. The first kappa shape index (κ1) is 21.0. The Hall–Kier alpha value is -3.26. The molecule has 2 heterocycles. The Balaban J connectivity index is 1.40. The first-order valence-electron chi connectivity index (χ1n) is 10.4. The fraction of sp³-hybridized carbons (Fsp3) is 0.348. The summed E-state index contributed by atoms with van der Waals surface area (Å²) in [6, 6.07) is 12.4. The molecular formula is C23H24FN3O4. The molecule has 7 nitrogen and oxygen atoms in total. The number of hydrogen-bond acceptors (Lipinski definition) is 4.